The number of hydrogen-bond donors (Lipinski definition) is 2. The van der Waals surface area contributed by atoms with Crippen molar-refractivity contribution in [3.05, 3.63) is 0 Å². The summed E-state index contributed by atoms with van der Waals surface area (Å²) in [6.07, 6.45) is -2.91. The van der Waals surface area contributed by atoms with Gasteiger partial charge in [-0.1, -0.05) is 0 Å². The van der Waals surface area contributed by atoms with Crippen molar-refractivity contribution in [2.75, 3.05) is 27.9 Å². The fourth-order valence-corrected chi connectivity index (χ4v) is 2.00. The van der Waals surface area contributed by atoms with Gasteiger partial charge in [-0.2, -0.15) is 0 Å². The molecule has 0 spiro atoms. The molecule has 5 atom stereocenters. The predicted octanol–water partition coefficient (Wildman–Crippen LogP) is -0.508. The number of ether oxygens (including phenoxy) is 4. The minimum atomic E-state index is -0.826. The van der Waals surface area contributed by atoms with E-state index >= 15 is 0 Å². The van der Waals surface area contributed by atoms with Crippen LogP contribution in [0.4, 0.5) is 0 Å². The Morgan fingerprint density at radius 1 is 1.19 bits per heavy atom. The van der Waals surface area contributed by atoms with Crippen LogP contribution in [0.5, 0.6) is 0 Å². The minimum absolute atomic E-state index is 0.291. The van der Waals surface area contributed by atoms with Crippen LogP contribution in [0, 0.1) is 0 Å². The second kappa shape index (κ2) is 6.70. The fourth-order valence-electron chi connectivity index (χ4n) is 1.84. The van der Waals surface area contributed by atoms with Crippen LogP contribution in [0.25, 0.3) is 0 Å². The Hall–Kier alpha value is 0.0500. The van der Waals surface area contributed by atoms with Crippen LogP contribution in [-0.4, -0.2) is 63.7 Å². The summed E-state index contributed by atoms with van der Waals surface area (Å²) >= 11 is 5.40. The molecule has 1 aliphatic rings. The first-order chi connectivity index (χ1) is 7.69. The molecule has 2 N–H and O–H groups in total. The fraction of sp³-hybridized carbons (Fsp3) is 1.00. The van der Waals surface area contributed by atoms with Crippen LogP contribution in [0.3, 0.4) is 0 Å². The number of nitrogens with one attached hydrogen (secondary N) is 1. The first-order valence-electron chi connectivity index (χ1n) is 4.95. The number of rotatable bonds is 5. The van der Waals surface area contributed by atoms with E-state index in [1.807, 2.05) is 0 Å². The highest BCUT2D eigenvalue weighted by Crippen LogP contribution is 2.25. The zero-order chi connectivity index (χ0) is 12.1. The second-order valence-electron chi connectivity index (χ2n) is 3.51. The molecule has 16 heavy (non-hydrogen) atoms. The number of aliphatic hydroxyl groups is 1. The predicted molar refractivity (Wildman–Crippen MR) is 57.1 cm³/mol. The third-order valence-corrected chi connectivity index (χ3v) is 2.83. The molecule has 0 aromatic heterocycles. The minimum Gasteiger partial charge on any atom is -0.388 e. The van der Waals surface area contributed by atoms with Crippen molar-refractivity contribution in [1.29, 1.82) is 0 Å². The highest BCUT2D eigenvalue weighted by atomic mass is 35.5. The number of halogens is 1. The van der Waals surface area contributed by atoms with Crippen LogP contribution in [-0.2, 0) is 18.9 Å². The van der Waals surface area contributed by atoms with Crippen molar-refractivity contribution in [2.45, 2.75) is 30.7 Å². The summed E-state index contributed by atoms with van der Waals surface area (Å²) in [5.41, 5.74) is 0. The maximum absolute atomic E-state index is 9.99. The van der Waals surface area contributed by atoms with E-state index < -0.39 is 30.7 Å². The van der Waals surface area contributed by atoms with Gasteiger partial charge < -0.3 is 24.1 Å². The van der Waals surface area contributed by atoms with E-state index in [0.29, 0.717) is 6.54 Å². The monoisotopic (exact) mass is 255 g/mol. The highest BCUT2D eigenvalue weighted by molar-refractivity contribution is 6.13. The molecule has 1 rings (SSSR count). The number of aliphatic hydroxyl groups excluding tert-OH is 1. The van der Waals surface area contributed by atoms with Gasteiger partial charge in [-0.15, -0.1) is 0 Å². The van der Waals surface area contributed by atoms with Gasteiger partial charge in [-0.05, 0) is 11.8 Å². The lowest BCUT2D eigenvalue weighted by Gasteiger charge is -2.42. The summed E-state index contributed by atoms with van der Waals surface area (Å²) in [5, 5.41) is 9.99. The summed E-state index contributed by atoms with van der Waals surface area (Å²) in [6, 6.07) is 0. The molecule has 7 heteroatoms. The van der Waals surface area contributed by atoms with Crippen LogP contribution in [0.2, 0.25) is 0 Å². The Labute approximate surface area is 99.9 Å². The van der Waals surface area contributed by atoms with E-state index in [9.17, 15) is 5.11 Å². The van der Waals surface area contributed by atoms with Gasteiger partial charge >= 0.3 is 0 Å². The van der Waals surface area contributed by atoms with E-state index in [0.717, 1.165) is 0 Å². The summed E-state index contributed by atoms with van der Waals surface area (Å²) in [7, 11) is 4.52. The van der Waals surface area contributed by atoms with Crippen LogP contribution < -0.4 is 4.84 Å². The zero-order valence-corrected chi connectivity index (χ0v) is 10.3. The molecule has 0 aliphatic carbocycles. The topological polar surface area (TPSA) is 69.2 Å². The van der Waals surface area contributed by atoms with Gasteiger partial charge in [0.05, 0.1) is 0 Å². The molecule has 2 unspecified atom stereocenters. The van der Waals surface area contributed by atoms with E-state index in [-0.39, 0.29) is 0 Å². The summed E-state index contributed by atoms with van der Waals surface area (Å²) in [4.78, 5) is 2.43. The Morgan fingerprint density at radius 3 is 2.25 bits per heavy atom. The SMILES string of the molecule is COC1[C@@H](OC)OC(CNCl)[C@@H](O)[C@@H]1OC. The van der Waals surface area contributed by atoms with Crippen molar-refractivity contribution in [3.63, 3.8) is 0 Å². The summed E-state index contributed by atoms with van der Waals surface area (Å²) in [5.74, 6) is 0. The van der Waals surface area contributed by atoms with Gasteiger partial charge in [0.15, 0.2) is 6.29 Å². The van der Waals surface area contributed by atoms with E-state index in [1.165, 1.54) is 21.3 Å². The van der Waals surface area contributed by atoms with Gasteiger partial charge in [0.2, 0.25) is 0 Å². The molecule has 0 aromatic rings. The van der Waals surface area contributed by atoms with Gasteiger partial charge in [0.1, 0.15) is 24.4 Å². The van der Waals surface area contributed by atoms with Gasteiger partial charge in [-0.25, -0.2) is 4.84 Å². The Morgan fingerprint density at radius 2 is 1.81 bits per heavy atom. The molecule has 1 aliphatic heterocycles. The van der Waals surface area contributed by atoms with E-state index in [1.54, 1.807) is 0 Å². The van der Waals surface area contributed by atoms with Crippen molar-refractivity contribution < 1.29 is 24.1 Å². The second-order valence-corrected chi connectivity index (χ2v) is 3.77. The molecule has 1 fully saturated rings. The quantitative estimate of drug-likeness (QED) is 0.645. The first-order valence-corrected chi connectivity index (χ1v) is 5.32. The summed E-state index contributed by atoms with van der Waals surface area (Å²) < 4.78 is 21.1. The number of methoxy groups -OCH3 is 3. The molecule has 6 nitrogen and oxygen atoms in total. The standard InChI is InChI=1S/C9H18ClNO5/c1-13-7-6(12)5(4-11-10)16-9(15-3)8(7)14-2/h5-9,11-12H,4H2,1-3H3/t5?,6-,7+,8?,9+/m1/s1. The molecular weight excluding hydrogens is 238 g/mol. The van der Waals surface area contributed by atoms with Crippen molar-refractivity contribution in [3.8, 4) is 0 Å². The average Bonchev–Trinajstić information content (AvgIpc) is 2.31. The lowest BCUT2D eigenvalue weighted by molar-refractivity contribution is -0.297. The Bertz CT molecular complexity index is 208. The Kier molecular flexibility index (Phi) is 5.91. The summed E-state index contributed by atoms with van der Waals surface area (Å²) in [6.45, 7) is 0.291. The largest absolute Gasteiger partial charge is 0.388 e. The molecule has 96 valence electrons. The molecule has 1 heterocycles. The van der Waals surface area contributed by atoms with Crippen molar-refractivity contribution in [2.24, 2.45) is 0 Å². The molecule has 1 saturated heterocycles. The smallest absolute Gasteiger partial charge is 0.186 e. The van der Waals surface area contributed by atoms with Crippen LogP contribution >= 0.6 is 11.8 Å². The molecule has 0 bridgehead atoms. The lowest BCUT2D eigenvalue weighted by Crippen LogP contribution is -2.60. The van der Waals surface area contributed by atoms with Gasteiger partial charge in [0, 0.05) is 27.9 Å². The van der Waals surface area contributed by atoms with E-state index in [4.69, 9.17) is 30.7 Å². The van der Waals surface area contributed by atoms with Gasteiger partial charge in [0.25, 0.3) is 0 Å². The van der Waals surface area contributed by atoms with E-state index in [2.05, 4.69) is 4.84 Å². The molecule has 0 aromatic carbocycles. The van der Waals surface area contributed by atoms with Crippen molar-refractivity contribution >= 4 is 11.8 Å². The highest BCUT2D eigenvalue weighted by Gasteiger charge is 2.45. The lowest BCUT2D eigenvalue weighted by atomic mass is 9.98. The molecule has 0 saturated carbocycles. The molecular formula is C9H18ClNO5. The van der Waals surface area contributed by atoms with Crippen molar-refractivity contribution in [1.82, 2.24) is 4.84 Å². The first kappa shape index (κ1) is 14.1. The Balaban J connectivity index is 2.76. The third kappa shape index (κ3) is 2.84. The zero-order valence-electron chi connectivity index (χ0n) is 9.55. The average molecular weight is 256 g/mol. The van der Waals surface area contributed by atoms with Crippen LogP contribution in [0.15, 0.2) is 0 Å². The normalized spacial score (nSPS) is 39.9. The van der Waals surface area contributed by atoms with Gasteiger partial charge in [-0.3, -0.25) is 0 Å². The number of hydrogen-bond acceptors (Lipinski definition) is 6. The maximum Gasteiger partial charge on any atom is 0.186 e. The third-order valence-electron chi connectivity index (χ3n) is 2.67. The molecule has 0 radical (unpaired) electrons. The maximum atomic E-state index is 9.99. The molecule has 0 amide bonds. The van der Waals surface area contributed by atoms with Crippen LogP contribution in [0.1, 0.15) is 0 Å².